The van der Waals surface area contributed by atoms with Crippen molar-refractivity contribution in [1.29, 1.82) is 0 Å². The van der Waals surface area contributed by atoms with Gasteiger partial charge in [-0.3, -0.25) is 0 Å². The molecule has 6 N–H and O–H groups in total. The van der Waals surface area contributed by atoms with Gasteiger partial charge in [0.2, 0.25) is 0 Å². The summed E-state index contributed by atoms with van der Waals surface area (Å²) >= 11 is 0. The summed E-state index contributed by atoms with van der Waals surface area (Å²) < 4.78 is 6.22. The molecule has 0 aromatic carbocycles. The first-order valence-electron chi connectivity index (χ1n) is 9.23. The summed E-state index contributed by atoms with van der Waals surface area (Å²) in [5.41, 5.74) is 6.70. The summed E-state index contributed by atoms with van der Waals surface area (Å²) in [6.45, 7) is 6.24. The fourth-order valence-corrected chi connectivity index (χ4v) is 3.05. The number of nitrogens with one attached hydrogen (secondary N) is 2. The van der Waals surface area contributed by atoms with Crippen molar-refractivity contribution in [2.75, 3.05) is 56.3 Å². The number of rotatable bonds is 6. The Balaban J connectivity index is 0.000000465. The summed E-state index contributed by atoms with van der Waals surface area (Å²) in [6, 6.07) is 0. The van der Waals surface area contributed by atoms with Crippen molar-refractivity contribution in [3.05, 3.63) is 6.33 Å². The van der Waals surface area contributed by atoms with Gasteiger partial charge in [-0.2, -0.15) is 0 Å². The third-order valence-electron chi connectivity index (χ3n) is 4.25. The number of hydrogen-bond donors (Lipinski definition) is 5. The standard InChI is InChI=1S/C14H25N7O.C3H8O2/c1-16-5-6-20(2)7-10-3-4-11(22-10)21-9-19-12-13(15)17-8-18-14(12)21;1-3(2,4)5/h8,10-11,16,19H,3-7,9H2,1-2H3,(H2,15,17,18);4-5H,1-2H3. The first-order chi connectivity index (χ1) is 12.7. The topological polar surface area (TPSA) is 132 Å². The third-order valence-corrected chi connectivity index (χ3v) is 4.25. The molecule has 0 spiro atoms. The highest BCUT2D eigenvalue weighted by molar-refractivity contribution is 5.79. The van der Waals surface area contributed by atoms with Crippen LogP contribution in [0.3, 0.4) is 0 Å². The van der Waals surface area contributed by atoms with Crippen LogP contribution < -0.4 is 21.3 Å². The third kappa shape index (κ3) is 6.74. The lowest BCUT2D eigenvalue weighted by Gasteiger charge is -2.26. The van der Waals surface area contributed by atoms with E-state index in [0.29, 0.717) is 12.5 Å². The van der Waals surface area contributed by atoms with Crippen molar-refractivity contribution < 1.29 is 14.9 Å². The van der Waals surface area contributed by atoms with Gasteiger partial charge in [0.05, 0.1) is 12.8 Å². The number of ether oxygens (including phenoxy) is 1. The van der Waals surface area contributed by atoms with E-state index in [-0.39, 0.29) is 12.3 Å². The molecule has 2 aliphatic rings. The molecular formula is C17H33N7O3. The van der Waals surface area contributed by atoms with E-state index in [1.807, 2.05) is 7.05 Å². The second-order valence-electron chi connectivity index (χ2n) is 7.41. The smallest absolute Gasteiger partial charge is 0.161 e. The van der Waals surface area contributed by atoms with Gasteiger partial charge in [-0.15, -0.1) is 0 Å². The lowest BCUT2D eigenvalue weighted by Crippen LogP contribution is -2.38. The van der Waals surface area contributed by atoms with Crippen LogP contribution in [0.1, 0.15) is 26.7 Å². The molecule has 1 fully saturated rings. The van der Waals surface area contributed by atoms with E-state index in [1.165, 1.54) is 20.2 Å². The summed E-state index contributed by atoms with van der Waals surface area (Å²) in [5.74, 6) is -0.157. The Bertz CT molecular complexity index is 590. The minimum absolute atomic E-state index is 0.0609. The second-order valence-corrected chi connectivity index (χ2v) is 7.41. The highest BCUT2D eigenvalue weighted by Gasteiger charge is 2.35. The van der Waals surface area contributed by atoms with E-state index in [9.17, 15) is 0 Å². The Kier molecular flexibility index (Phi) is 7.57. The highest BCUT2D eigenvalue weighted by atomic mass is 16.5. The minimum atomic E-state index is -1.50. The molecule has 0 saturated carbocycles. The van der Waals surface area contributed by atoms with Crippen LogP contribution in [-0.2, 0) is 4.74 Å². The molecule has 1 saturated heterocycles. The molecule has 0 bridgehead atoms. The normalized spacial score (nSPS) is 21.7. The number of nitrogen functional groups attached to an aromatic ring is 1. The second kappa shape index (κ2) is 9.47. The van der Waals surface area contributed by atoms with Crippen molar-refractivity contribution in [2.45, 2.75) is 44.8 Å². The Hall–Kier alpha value is -1.72. The average Bonchev–Trinajstić information content (AvgIpc) is 3.18. The molecule has 0 amide bonds. The fourth-order valence-electron chi connectivity index (χ4n) is 3.05. The number of aromatic nitrogens is 2. The minimum Gasteiger partial charge on any atom is -0.382 e. The van der Waals surface area contributed by atoms with Gasteiger partial charge >= 0.3 is 0 Å². The van der Waals surface area contributed by atoms with Crippen molar-refractivity contribution in [3.63, 3.8) is 0 Å². The Labute approximate surface area is 160 Å². The van der Waals surface area contributed by atoms with Crippen molar-refractivity contribution >= 4 is 17.3 Å². The SMILES string of the molecule is CC(C)(O)O.CNCCN(C)CC1CCC(N2CNc3c(N)ncnc32)O1. The molecule has 3 heterocycles. The van der Waals surface area contributed by atoms with E-state index < -0.39 is 5.79 Å². The van der Waals surface area contributed by atoms with Crippen LogP contribution in [0.2, 0.25) is 0 Å². The Morgan fingerprint density at radius 1 is 1.41 bits per heavy atom. The molecule has 0 radical (unpaired) electrons. The quantitative estimate of drug-likeness (QED) is 0.414. The first-order valence-corrected chi connectivity index (χ1v) is 9.23. The lowest BCUT2D eigenvalue weighted by atomic mass is 10.2. The number of anilines is 3. The Morgan fingerprint density at radius 2 is 2.11 bits per heavy atom. The van der Waals surface area contributed by atoms with Crippen LogP contribution in [0.25, 0.3) is 0 Å². The number of aliphatic hydroxyl groups is 2. The monoisotopic (exact) mass is 383 g/mol. The van der Waals surface area contributed by atoms with Crippen LogP contribution >= 0.6 is 0 Å². The number of nitrogens with two attached hydrogens (primary N) is 1. The zero-order valence-corrected chi connectivity index (χ0v) is 16.6. The van der Waals surface area contributed by atoms with Gasteiger partial charge in [-0.05, 0) is 40.8 Å². The molecule has 2 unspecified atom stereocenters. The van der Waals surface area contributed by atoms with E-state index >= 15 is 0 Å². The molecule has 3 rings (SSSR count). The van der Waals surface area contributed by atoms with Gasteiger partial charge in [0.1, 0.15) is 18.2 Å². The van der Waals surface area contributed by atoms with Crippen molar-refractivity contribution in [3.8, 4) is 0 Å². The molecule has 0 aliphatic carbocycles. The zero-order chi connectivity index (χ0) is 20.0. The molecule has 10 nitrogen and oxygen atoms in total. The molecule has 1 aromatic heterocycles. The summed E-state index contributed by atoms with van der Waals surface area (Å²) in [6.07, 6.45) is 3.92. The molecule has 10 heteroatoms. The average molecular weight is 383 g/mol. The van der Waals surface area contributed by atoms with Crippen molar-refractivity contribution in [1.82, 2.24) is 20.2 Å². The maximum Gasteiger partial charge on any atom is 0.161 e. The van der Waals surface area contributed by atoms with E-state index in [4.69, 9.17) is 20.7 Å². The number of likely N-dealkylation sites (N-methyl/N-ethyl adjacent to an activating group) is 2. The zero-order valence-electron chi connectivity index (χ0n) is 16.6. The predicted molar refractivity (Wildman–Crippen MR) is 105 cm³/mol. The van der Waals surface area contributed by atoms with E-state index in [2.05, 4.69) is 37.4 Å². The van der Waals surface area contributed by atoms with Crippen LogP contribution in [-0.4, -0.2) is 83.6 Å². The Morgan fingerprint density at radius 3 is 2.78 bits per heavy atom. The van der Waals surface area contributed by atoms with Crippen LogP contribution in [0.4, 0.5) is 17.3 Å². The van der Waals surface area contributed by atoms with Gasteiger partial charge in [-0.1, -0.05) is 0 Å². The highest BCUT2D eigenvalue weighted by Crippen LogP contribution is 2.36. The molecule has 2 atom stereocenters. The van der Waals surface area contributed by atoms with Gasteiger partial charge in [-0.25, -0.2) is 9.97 Å². The molecular weight excluding hydrogens is 350 g/mol. The molecule has 27 heavy (non-hydrogen) atoms. The van der Waals surface area contributed by atoms with Crippen LogP contribution in [0.15, 0.2) is 6.33 Å². The molecule has 2 aliphatic heterocycles. The van der Waals surface area contributed by atoms with Crippen LogP contribution in [0, 0.1) is 0 Å². The number of fused-ring (bicyclic) bond motifs is 1. The largest absolute Gasteiger partial charge is 0.382 e. The van der Waals surface area contributed by atoms with Crippen LogP contribution in [0.5, 0.6) is 0 Å². The van der Waals surface area contributed by atoms with Gasteiger partial charge in [0.15, 0.2) is 17.4 Å². The van der Waals surface area contributed by atoms with Crippen molar-refractivity contribution in [2.24, 2.45) is 0 Å². The van der Waals surface area contributed by atoms with Gasteiger partial charge < -0.3 is 41.1 Å². The fraction of sp³-hybridized carbons (Fsp3) is 0.765. The van der Waals surface area contributed by atoms with E-state index in [0.717, 1.165) is 44.0 Å². The number of hydrogen-bond acceptors (Lipinski definition) is 10. The summed E-state index contributed by atoms with van der Waals surface area (Å²) in [5, 5.41) is 22.6. The van der Waals surface area contributed by atoms with Gasteiger partial charge in [0.25, 0.3) is 0 Å². The summed E-state index contributed by atoms with van der Waals surface area (Å²) in [7, 11) is 4.11. The lowest BCUT2D eigenvalue weighted by molar-refractivity contribution is -0.127. The maximum absolute atomic E-state index is 8.08. The summed E-state index contributed by atoms with van der Waals surface area (Å²) in [4.78, 5) is 12.8. The predicted octanol–water partition coefficient (Wildman–Crippen LogP) is -0.388. The molecule has 154 valence electrons. The van der Waals surface area contributed by atoms with E-state index in [1.54, 1.807) is 0 Å². The maximum atomic E-state index is 8.08. The molecule has 1 aromatic rings. The number of nitrogens with zero attached hydrogens (tertiary/aromatic N) is 4. The first kappa shape index (κ1) is 21.6. The van der Waals surface area contributed by atoms with Gasteiger partial charge in [0, 0.05) is 19.6 Å².